The van der Waals surface area contributed by atoms with E-state index in [1.54, 1.807) is 10.7 Å². The van der Waals surface area contributed by atoms with Gasteiger partial charge in [0.15, 0.2) is 0 Å². The van der Waals surface area contributed by atoms with Crippen molar-refractivity contribution >= 4 is 11.9 Å². The van der Waals surface area contributed by atoms with Gasteiger partial charge in [-0.1, -0.05) is 6.92 Å². The van der Waals surface area contributed by atoms with Gasteiger partial charge >= 0.3 is 5.97 Å². The van der Waals surface area contributed by atoms with Crippen molar-refractivity contribution < 1.29 is 14.7 Å². The molecule has 1 heterocycles. The van der Waals surface area contributed by atoms with E-state index in [0.29, 0.717) is 25.2 Å². The molecule has 19 heavy (non-hydrogen) atoms. The van der Waals surface area contributed by atoms with Gasteiger partial charge in [-0.25, -0.2) is 0 Å². The first kappa shape index (κ1) is 15.2. The molecular weight excluding hydrogens is 246 g/mol. The molecule has 0 aliphatic carbocycles. The summed E-state index contributed by atoms with van der Waals surface area (Å²) in [5.41, 5.74) is 1.36. The lowest BCUT2D eigenvalue weighted by molar-refractivity contribution is -0.137. The minimum absolute atomic E-state index is 0.128. The van der Waals surface area contributed by atoms with Crippen LogP contribution in [0.2, 0.25) is 0 Å². The maximum absolute atomic E-state index is 12.0. The number of carboxylic acid groups (broad SMARTS) is 1. The number of aryl methyl sites for hydroxylation is 2. The summed E-state index contributed by atoms with van der Waals surface area (Å²) in [6.45, 7) is 6.81. The first-order valence-corrected chi connectivity index (χ1v) is 6.48. The molecule has 0 saturated heterocycles. The molecule has 0 saturated carbocycles. The molecule has 1 aromatic heterocycles. The third kappa shape index (κ3) is 4.73. The molecule has 2 N–H and O–H groups in total. The van der Waals surface area contributed by atoms with Crippen molar-refractivity contribution in [3.8, 4) is 0 Å². The minimum atomic E-state index is -0.808. The lowest BCUT2D eigenvalue weighted by Crippen LogP contribution is -2.30. The van der Waals surface area contributed by atoms with E-state index >= 15 is 0 Å². The fourth-order valence-electron chi connectivity index (χ4n) is 1.80. The van der Waals surface area contributed by atoms with Crippen molar-refractivity contribution in [2.75, 3.05) is 6.54 Å². The Bertz CT molecular complexity index is 454. The van der Waals surface area contributed by atoms with Gasteiger partial charge in [-0.15, -0.1) is 0 Å². The zero-order chi connectivity index (χ0) is 14.4. The number of aliphatic carboxylic acids is 1. The van der Waals surface area contributed by atoms with Gasteiger partial charge in [0, 0.05) is 19.5 Å². The molecule has 6 nitrogen and oxygen atoms in total. The Labute approximate surface area is 112 Å². The Morgan fingerprint density at radius 1 is 1.53 bits per heavy atom. The van der Waals surface area contributed by atoms with Crippen molar-refractivity contribution in [3.05, 3.63) is 17.5 Å². The summed E-state index contributed by atoms with van der Waals surface area (Å²) in [6.07, 6.45) is 0.685. The first-order valence-electron chi connectivity index (χ1n) is 6.48. The number of hydrogen-bond acceptors (Lipinski definition) is 3. The topological polar surface area (TPSA) is 84.2 Å². The minimum Gasteiger partial charge on any atom is -0.481 e. The predicted molar refractivity (Wildman–Crippen MR) is 71.0 cm³/mol. The zero-order valence-electron chi connectivity index (χ0n) is 11.6. The molecule has 1 aromatic rings. The summed E-state index contributed by atoms with van der Waals surface area (Å²) in [5.74, 6) is -0.832. The van der Waals surface area contributed by atoms with Crippen molar-refractivity contribution in [2.24, 2.45) is 5.92 Å². The number of carbonyl (C=O) groups is 2. The van der Waals surface area contributed by atoms with Crippen LogP contribution >= 0.6 is 0 Å². The SMILES string of the molecule is CCn1nc(C)cc1C(=O)NCC(C)CCC(=O)O. The number of aromatic nitrogens is 2. The highest BCUT2D eigenvalue weighted by Crippen LogP contribution is 2.06. The van der Waals surface area contributed by atoms with E-state index in [1.165, 1.54) is 0 Å². The van der Waals surface area contributed by atoms with Crippen LogP contribution in [0.5, 0.6) is 0 Å². The molecule has 6 heteroatoms. The molecule has 1 rings (SSSR count). The fourth-order valence-corrected chi connectivity index (χ4v) is 1.80. The highest BCUT2D eigenvalue weighted by Gasteiger charge is 2.14. The zero-order valence-corrected chi connectivity index (χ0v) is 11.6. The van der Waals surface area contributed by atoms with E-state index in [2.05, 4.69) is 10.4 Å². The van der Waals surface area contributed by atoms with Gasteiger partial charge in [-0.2, -0.15) is 5.10 Å². The molecule has 1 amide bonds. The van der Waals surface area contributed by atoms with E-state index in [4.69, 9.17) is 5.11 Å². The number of carbonyl (C=O) groups excluding carboxylic acids is 1. The molecule has 106 valence electrons. The molecule has 0 aliphatic heterocycles. The first-order chi connectivity index (χ1) is 8.93. The molecular formula is C13H21N3O3. The summed E-state index contributed by atoms with van der Waals surface area (Å²) in [6, 6.07) is 1.75. The molecule has 0 fully saturated rings. The van der Waals surface area contributed by atoms with Gasteiger partial charge in [-0.3, -0.25) is 14.3 Å². The average Bonchev–Trinajstić information content (AvgIpc) is 2.74. The quantitative estimate of drug-likeness (QED) is 0.783. The second-order valence-electron chi connectivity index (χ2n) is 4.73. The van der Waals surface area contributed by atoms with Crippen LogP contribution < -0.4 is 5.32 Å². The third-order valence-electron chi connectivity index (χ3n) is 2.90. The Kier molecular flexibility index (Phi) is 5.54. The van der Waals surface area contributed by atoms with Crippen molar-refractivity contribution in [2.45, 2.75) is 40.2 Å². The summed E-state index contributed by atoms with van der Waals surface area (Å²) in [5, 5.41) is 15.6. The molecule has 0 radical (unpaired) electrons. The summed E-state index contributed by atoms with van der Waals surface area (Å²) in [7, 11) is 0. The number of hydrogen-bond donors (Lipinski definition) is 2. The standard InChI is InChI=1S/C13H21N3O3/c1-4-16-11(7-10(3)15-16)13(19)14-8-9(2)5-6-12(17)18/h7,9H,4-6,8H2,1-3H3,(H,14,19)(H,17,18). The molecule has 1 unspecified atom stereocenters. The van der Waals surface area contributed by atoms with Crippen molar-refractivity contribution in [1.29, 1.82) is 0 Å². The fraction of sp³-hybridized carbons (Fsp3) is 0.615. The van der Waals surface area contributed by atoms with Crippen LogP contribution in [-0.4, -0.2) is 33.3 Å². The second-order valence-corrected chi connectivity index (χ2v) is 4.73. The predicted octanol–water partition coefficient (Wildman–Crippen LogP) is 1.44. The summed E-state index contributed by atoms with van der Waals surface area (Å²) in [4.78, 5) is 22.4. The van der Waals surface area contributed by atoms with Gasteiger partial charge in [0.1, 0.15) is 5.69 Å². The van der Waals surface area contributed by atoms with Crippen LogP contribution in [0.25, 0.3) is 0 Å². The summed E-state index contributed by atoms with van der Waals surface area (Å²) >= 11 is 0. The van der Waals surface area contributed by atoms with Crippen LogP contribution in [-0.2, 0) is 11.3 Å². The summed E-state index contributed by atoms with van der Waals surface area (Å²) < 4.78 is 1.66. The lowest BCUT2D eigenvalue weighted by atomic mass is 10.1. The molecule has 0 spiro atoms. The van der Waals surface area contributed by atoms with Crippen LogP contribution in [0.3, 0.4) is 0 Å². The lowest BCUT2D eigenvalue weighted by Gasteiger charge is -2.11. The molecule has 0 bridgehead atoms. The maximum atomic E-state index is 12.0. The number of amides is 1. The molecule has 0 aromatic carbocycles. The van der Waals surface area contributed by atoms with Crippen LogP contribution in [0.15, 0.2) is 6.07 Å². The normalized spacial score (nSPS) is 12.2. The monoisotopic (exact) mass is 267 g/mol. The van der Waals surface area contributed by atoms with E-state index in [-0.39, 0.29) is 18.2 Å². The average molecular weight is 267 g/mol. The van der Waals surface area contributed by atoms with Crippen LogP contribution in [0.4, 0.5) is 0 Å². The van der Waals surface area contributed by atoms with E-state index in [1.807, 2.05) is 20.8 Å². The van der Waals surface area contributed by atoms with Gasteiger partial charge in [0.25, 0.3) is 5.91 Å². The number of nitrogens with zero attached hydrogens (tertiary/aromatic N) is 2. The van der Waals surface area contributed by atoms with E-state index in [9.17, 15) is 9.59 Å². The van der Waals surface area contributed by atoms with Gasteiger partial charge in [0.05, 0.1) is 5.69 Å². The third-order valence-corrected chi connectivity index (χ3v) is 2.90. The number of carboxylic acids is 1. The van der Waals surface area contributed by atoms with Crippen molar-refractivity contribution in [3.63, 3.8) is 0 Å². The Hall–Kier alpha value is -1.85. The van der Waals surface area contributed by atoms with Gasteiger partial charge in [0.2, 0.25) is 0 Å². The van der Waals surface area contributed by atoms with Gasteiger partial charge < -0.3 is 10.4 Å². The molecule has 0 aliphatic rings. The Morgan fingerprint density at radius 3 is 2.79 bits per heavy atom. The van der Waals surface area contributed by atoms with Gasteiger partial charge in [-0.05, 0) is 32.3 Å². The second kappa shape index (κ2) is 6.92. The van der Waals surface area contributed by atoms with Crippen LogP contribution in [0, 0.1) is 12.8 Å². The Morgan fingerprint density at radius 2 is 2.21 bits per heavy atom. The number of nitrogens with one attached hydrogen (secondary N) is 1. The van der Waals surface area contributed by atoms with E-state index < -0.39 is 5.97 Å². The molecule has 1 atom stereocenters. The smallest absolute Gasteiger partial charge is 0.303 e. The number of rotatable bonds is 7. The van der Waals surface area contributed by atoms with Crippen LogP contribution in [0.1, 0.15) is 42.9 Å². The van der Waals surface area contributed by atoms with E-state index in [0.717, 1.165) is 5.69 Å². The Balaban J connectivity index is 2.48. The highest BCUT2D eigenvalue weighted by molar-refractivity contribution is 5.92. The largest absolute Gasteiger partial charge is 0.481 e. The maximum Gasteiger partial charge on any atom is 0.303 e. The highest BCUT2D eigenvalue weighted by atomic mass is 16.4. The van der Waals surface area contributed by atoms with Crippen molar-refractivity contribution in [1.82, 2.24) is 15.1 Å².